The van der Waals surface area contributed by atoms with E-state index in [9.17, 15) is 84.0 Å². The van der Waals surface area contributed by atoms with Gasteiger partial charge in [0.1, 0.15) is 6.10 Å². The standard InChI is InChI=1S/C50H62Cl4N4O12S2.C22H29Cl2N3O4S.C13H14N2O9/c1-57-29-41(39-25-35(51)27-45(53)43(39)31-57)33-7-3-9-37(23-33)71(63,64)22-6-15-68-19-20-69-16-12-55-50(62)49(61)48(60)47(59)11-5-14-67-18-21-70-17-13-56-72(65,66)38-10-4-8-34(24-38)42-30-58(2)32-44-40(42)26-36(52)28-46(44)54;1-27-14-20(19-12-17(23)13-22(24)21(19)15-27)16-3-2-4-18(11-16)32(28,29)26-6-8-31-10-9-30-7-5-25;16-6(5-14-7(17)1-2-8(14)18)11(21)12(22)13(23)24-15-9(19)3-4-10(15)20/h3-4,7-10,23-28,41-42,48-49,56,60-61H,5-6,11-22,29-32H2,1-2H3,(H,55,62);2-4,11-13,20,26H,5-10,14-15,25H2,1H3;11-12,21-22H,1-5H2/t41?,42?,48-,49+;;11-,12+/m0.0/s1. The molecule has 43 heteroatoms. The van der Waals surface area contributed by atoms with Crippen molar-refractivity contribution in [3.8, 4) is 0 Å². The number of ketones is 2. The number of aliphatic hydroxyl groups excluding tert-OH is 4. The number of nitrogens with two attached hydrogens (primary N) is 1. The number of halogens is 6. The summed E-state index contributed by atoms with van der Waals surface area (Å²) in [6.07, 6.45) is -8.70. The number of hydroxylamine groups is 2. The van der Waals surface area contributed by atoms with Gasteiger partial charge in [-0.3, -0.25) is 38.5 Å². The fourth-order valence-electron chi connectivity index (χ4n) is 14.6. The smallest absolute Gasteiger partial charge is 0.364 e. The highest BCUT2D eigenvalue weighted by atomic mass is 35.5. The number of amides is 5. The van der Waals surface area contributed by atoms with Gasteiger partial charge in [0.05, 0.1) is 93.1 Å². The summed E-state index contributed by atoms with van der Waals surface area (Å²) >= 11 is 38.4. The summed E-state index contributed by atoms with van der Waals surface area (Å²) in [6.45, 7) is 6.68. The number of likely N-dealkylation sites (tertiary alicyclic amines) is 1. The minimum absolute atomic E-state index is 0.00626. The Kier molecular flexibility index (Phi) is 40.9. The molecule has 6 aromatic rings. The van der Waals surface area contributed by atoms with E-state index in [0.717, 1.165) is 63.2 Å². The maximum atomic E-state index is 13.3. The quantitative estimate of drug-likeness (QED) is 0.0167. The maximum absolute atomic E-state index is 13.3. The number of likely N-dealkylation sites (N-methyl/N-ethyl adjacent to an activating group) is 3. The van der Waals surface area contributed by atoms with Crippen molar-refractivity contribution in [3.63, 3.8) is 0 Å². The third-order valence-corrected chi connectivity index (χ3v) is 27.5. The first kappa shape index (κ1) is 105. The lowest BCUT2D eigenvalue weighted by molar-refractivity contribution is -0.206. The maximum Gasteiger partial charge on any atom is 0.364 e. The zero-order valence-corrected chi connectivity index (χ0v) is 77.5. The molecule has 128 heavy (non-hydrogen) atoms. The minimum Gasteiger partial charge on any atom is -0.382 e. The third-order valence-electron chi connectivity index (χ3n) is 21.1. The molecule has 5 aliphatic heterocycles. The van der Waals surface area contributed by atoms with Crippen molar-refractivity contribution in [2.45, 2.75) is 121 Å². The van der Waals surface area contributed by atoms with E-state index in [1.54, 1.807) is 66.7 Å². The fourth-order valence-corrected chi connectivity index (χ4v) is 19.8. The number of nitrogens with zero attached hydrogens (tertiary/aromatic N) is 5. The molecule has 11 rings (SSSR count). The molecule has 0 bridgehead atoms. The van der Waals surface area contributed by atoms with Gasteiger partial charge in [0, 0.05) is 159 Å². The highest BCUT2D eigenvalue weighted by Gasteiger charge is 2.41. The van der Waals surface area contributed by atoms with Gasteiger partial charge >= 0.3 is 5.97 Å². The molecular formula is C85H105Cl6N9O25S3. The predicted molar refractivity (Wildman–Crippen MR) is 474 cm³/mol. The predicted octanol–water partition coefficient (Wildman–Crippen LogP) is 5.73. The molecule has 2 fully saturated rings. The van der Waals surface area contributed by atoms with Gasteiger partial charge in [-0.1, -0.05) is 106 Å². The fraction of sp³-hybridized carbons (Fsp3) is 0.482. The van der Waals surface area contributed by atoms with Gasteiger partial charge in [-0.2, -0.15) is 0 Å². The lowest BCUT2D eigenvalue weighted by atomic mass is 9.85. The van der Waals surface area contributed by atoms with Crippen LogP contribution in [0, 0.1) is 0 Å². The van der Waals surface area contributed by atoms with Crippen LogP contribution in [0.15, 0.2) is 124 Å². The number of nitrogens with one attached hydrogen (secondary N) is 3. The molecule has 0 aromatic heterocycles. The van der Waals surface area contributed by atoms with Crippen LogP contribution < -0.4 is 20.5 Å². The van der Waals surface area contributed by atoms with E-state index in [2.05, 4.69) is 34.3 Å². The number of carbonyl (C=O) groups is 8. The van der Waals surface area contributed by atoms with E-state index in [1.807, 2.05) is 57.5 Å². The number of Topliss-reactive ketones (excluding diaryl/α,β-unsaturated/α-hetero) is 2. The number of rotatable bonds is 45. The van der Waals surface area contributed by atoms with Crippen molar-refractivity contribution in [2.75, 3.05) is 159 Å². The van der Waals surface area contributed by atoms with Crippen LogP contribution in [0.4, 0.5) is 0 Å². The third kappa shape index (κ3) is 30.2. The normalized spacial score (nSPS) is 17.8. The Hall–Kier alpha value is -7.17. The van der Waals surface area contributed by atoms with E-state index < -0.39 is 108 Å². The van der Waals surface area contributed by atoms with Gasteiger partial charge < -0.3 is 79.4 Å². The molecule has 5 aliphatic rings. The molecule has 5 heterocycles. The number of carbonyl (C=O) groups excluding carboxylic acids is 8. The molecule has 3 unspecified atom stereocenters. The van der Waals surface area contributed by atoms with E-state index >= 15 is 0 Å². The van der Waals surface area contributed by atoms with Crippen molar-refractivity contribution in [2.24, 2.45) is 5.73 Å². The Morgan fingerprint density at radius 2 is 0.812 bits per heavy atom. The Balaban J connectivity index is 0.000000268. The second-order valence-corrected chi connectivity index (χ2v) is 38.9. The number of aliphatic hydroxyl groups is 4. The van der Waals surface area contributed by atoms with Crippen LogP contribution in [0.3, 0.4) is 0 Å². The van der Waals surface area contributed by atoms with Crippen molar-refractivity contribution in [3.05, 3.63) is 189 Å². The van der Waals surface area contributed by atoms with Gasteiger partial charge in [0.25, 0.3) is 17.7 Å². The molecule has 0 spiro atoms. The first-order valence-corrected chi connectivity index (χ1v) is 47.9. The number of sulfonamides is 2. The summed E-state index contributed by atoms with van der Waals surface area (Å²) in [5, 5.41) is 45.7. The second kappa shape index (κ2) is 50.1. The lowest BCUT2D eigenvalue weighted by Gasteiger charge is -2.33. The molecule has 7 atom stereocenters. The first-order valence-electron chi connectivity index (χ1n) is 41.0. The summed E-state index contributed by atoms with van der Waals surface area (Å²) in [5.74, 6) is -7.59. The zero-order chi connectivity index (χ0) is 93.2. The highest BCUT2D eigenvalue weighted by Crippen LogP contribution is 2.43. The van der Waals surface area contributed by atoms with Crippen LogP contribution in [0.2, 0.25) is 30.1 Å². The lowest BCUT2D eigenvalue weighted by Crippen LogP contribution is -2.48. The van der Waals surface area contributed by atoms with E-state index in [4.69, 9.17) is 104 Å². The summed E-state index contributed by atoms with van der Waals surface area (Å²) < 4.78 is 116. The number of fused-ring (bicyclic) bond motifs is 3. The number of ether oxygens (including phenoxy) is 6. The van der Waals surface area contributed by atoms with E-state index in [0.29, 0.717) is 87.6 Å². The average molecular weight is 1960 g/mol. The number of hydrogen-bond donors (Lipinski definition) is 8. The summed E-state index contributed by atoms with van der Waals surface area (Å²) in [7, 11) is -5.12. The topological polar surface area (TPSA) is 463 Å². The highest BCUT2D eigenvalue weighted by molar-refractivity contribution is 7.91. The van der Waals surface area contributed by atoms with Crippen molar-refractivity contribution in [1.82, 2.24) is 39.4 Å². The SMILES string of the molecule is CN1Cc2c(Cl)cc(Cl)cc2C(c2cccc(S(=O)(=O)CCCOCCOCCNC(=O)[C@H](O)[C@@H](O)C(=O)CCCOCCOCCNS(=O)(=O)c3cccc(C4CN(C)Cc5c(Cl)cc(Cl)cc54)c3)c2)C1.CN1Cc2c(Cl)cc(Cl)cc2C(c2cccc(S(=O)(=O)NCCOCCOCCN)c2)C1.O=C(CN1C(=O)CCC1=O)[C@H](O)[C@@H](O)C(=O)ON1C(=O)CCC1=O. The number of imide groups is 2. The van der Waals surface area contributed by atoms with Crippen LogP contribution in [0.25, 0.3) is 0 Å². The van der Waals surface area contributed by atoms with Crippen molar-refractivity contribution < 1.29 is 117 Å². The Morgan fingerprint density at radius 1 is 0.445 bits per heavy atom. The van der Waals surface area contributed by atoms with Gasteiger partial charge in [-0.15, -0.1) is 5.06 Å². The molecule has 9 N–H and O–H groups in total. The number of benzene rings is 6. The molecule has 0 radical (unpaired) electrons. The number of sulfone groups is 1. The van der Waals surface area contributed by atoms with Gasteiger partial charge in [0.2, 0.25) is 31.9 Å². The molecule has 0 saturated carbocycles. The molecule has 0 aliphatic carbocycles. The largest absolute Gasteiger partial charge is 0.382 e. The second-order valence-electron chi connectivity index (χ2n) is 30.7. The molecule has 5 amide bonds. The Bertz CT molecular complexity index is 5000. The van der Waals surface area contributed by atoms with Crippen LogP contribution in [0.1, 0.15) is 113 Å². The average Bonchev–Trinajstić information content (AvgIpc) is 0.872. The van der Waals surface area contributed by atoms with Gasteiger partial charge in [-0.05, 0) is 157 Å². The summed E-state index contributed by atoms with van der Waals surface area (Å²) in [6, 6.07) is 31.7. The molecule has 700 valence electrons. The monoisotopic (exact) mass is 1960 g/mol. The minimum atomic E-state index is -3.84. The van der Waals surface area contributed by atoms with Gasteiger partial charge in [-0.25, -0.2) is 39.5 Å². The van der Waals surface area contributed by atoms with Crippen LogP contribution in [0.5, 0.6) is 0 Å². The molecule has 2 saturated heterocycles. The first-order chi connectivity index (χ1) is 60.9. The van der Waals surface area contributed by atoms with E-state index in [1.165, 1.54) is 6.07 Å². The molecule has 6 aromatic carbocycles. The van der Waals surface area contributed by atoms with Crippen molar-refractivity contribution in [1.29, 1.82) is 0 Å². The molecular weight excluding hydrogens is 1860 g/mol. The van der Waals surface area contributed by atoms with Crippen LogP contribution in [-0.4, -0.2) is 300 Å². The van der Waals surface area contributed by atoms with Crippen LogP contribution in [-0.2, 0) is 121 Å². The zero-order valence-electron chi connectivity index (χ0n) is 70.5. The number of hydrogen-bond acceptors (Lipinski definition) is 29. The van der Waals surface area contributed by atoms with Crippen molar-refractivity contribution >= 4 is 147 Å². The molecule has 34 nitrogen and oxygen atoms in total. The Morgan fingerprint density at radius 3 is 1.23 bits per heavy atom. The Labute approximate surface area is 773 Å². The van der Waals surface area contributed by atoms with E-state index in [-0.39, 0.29) is 167 Å². The van der Waals surface area contributed by atoms with Crippen LogP contribution >= 0.6 is 69.6 Å². The summed E-state index contributed by atoms with van der Waals surface area (Å²) in [4.78, 5) is 106. The summed E-state index contributed by atoms with van der Waals surface area (Å²) in [5.41, 5.74) is 13.9. The van der Waals surface area contributed by atoms with Gasteiger partial charge in [0.15, 0.2) is 39.7 Å².